The molecule has 2 heterocycles. The van der Waals surface area contributed by atoms with Gasteiger partial charge in [0.15, 0.2) is 6.61 Å². The second-order valence-corrected chi connectivity index (χ2v) is 5.40. The highest BCUT2D eigenvalue weighted by Gasteiger charge is 2.34. The van der Waals surface area contributed by atoms with E-state index in [-0.39, 0.29) is 25.2 Å². The van der Waals surface area contributed by atoms with Crippen molar-refractivity contribution in [2.45, 2.75) is 19.1 Å². The molecule has 1 fully saturated rings. The molecule has 1 aliphatic heterocycles. The highest BCUT2D eigenvalue weighted by Crippen LogP contribution is 2.16. The number of rotatable bonds is 6. The first-order chi connectivity index (χ1) is 11.7. The van der Waals surface area contributed by atoms with Gasteiger partial charge in [0.05, 0.1) is 11.8 Å². The topological polar surface area (TPSA) is 103 Å². The molecule has 0 spiro atoms. The molecule has 9 heteroatoms. The van der Waals surface area contributed by atoms with E-state index < -0.39 is 6.10 Å². The number of amides is 1. The van der Waals surface area contributed by atoms with Crippen LogP contribution in [0.1, 0.15) is 6.92 Å². The van der Waals surface area contributed by atoms with E-state index in [0.29, 0.717) is 18.9 Å². The Bertz CT molecular complexity index is 661. The molecule has 0 unspecified atom stereocenters. The number of aliphatic hydroxyl groups is 1. The molecule has 1 amide bonds. The quantitative estimate of drug-likeness (QED) is 0.770. The predicted molar refractivity (Wildman–Crippen MR) is 82.6 cm³/mol. The van der Waals surface area contributed by atoms with E-state index in [1.54, 1.807) is 29.2 Å². The Morgan fingerprint density at radius 2 is 2.12 bits per heavy atom. The lowest BCUT2D eigenvalue weighted by Crippen LogP contribution is -2.34. The van der Waals surface area contributed by atoms with Crippen molar-refractivity contribution in [1.82, 2.24) is 25.1 Å². The highest BCUT2D eigenvalue weighted by atomic mass is 16.5. The van der Waals surface area contributed by atoms with E-state index in [0.717, 1.165) is 5.69 Å². The first kappa shape index (κ1) is 16.3. The van der Waals surface area contributed by atoms with Gasteiger partial charge in [0.2, 0.25) is 0 Å². The number of aliphatic hydroxyl groups excluding tert-OH is 1. The van der Waals surface area contributed by atoms with Crippen molar-refractivity contribution in [3.63, 3.8) is 0 Å². The van der Waals surface area contributed by atoms with Crippen LogP contribution in [0.5, 0.6) is 5.75 Å². The second-order valence-electron chi connectivity index (χ2n) is 5.40. The summed E-state index contributed by atoms with van der Waals surface area (Å²) >= 11 is 0. The van der Waals surface area contributed by atoms with Crippen LogP contribution in [-0.2, 0) is 9.53 Å². The van der Waals surface area contributed by atoms with Crippen molar-refractivity contribution in [3.8, 4) is 11.4 Å². The number of tetrazole rings is 1. The van der Waals surface area contributed by atoms with E-state index >= 15 is 0 Å². The lowest BCUT2D eigenvalue weighted by Gasteiger charge is -2.16. The summed E-state index contributed by atoms with van der Waals surface area (Å²) in [6.45, 7) is 2.93. The van der Waals surface area contributed by atoms with E-state index in [4.69, 9.17) is 9.47 Å². The van der Waals surface area contributed by atoms with E-state index in [1.165, 1.54) is 11.0 Å². The average molecular weight is 333 g/mol. The molecule has 0 bridgehead atoms. The molecule has 1 aromatic carbocycles. The number of β-amino-alcohol motifs (C(OH)–C–C–N with tert-alkyl or cyclic N) is 1. The Hall–Kier alpha value is -2.52. The molecule has 2 atom stereocenters. The smallest absolute Gasteiger partial charge is 0.260 e. The van der Waals surface area contributed by atoms with Crippen LogP contribution < -0.4 is 4.74 Å². The molecule has 0 saturated carbocycles. The Kier molecular flexibility index (Phi) is 5.02. The lowest BCUT2D eigenvalue weighted by molar-refractivity contribution is -0.132. The van der Waals surface area contributed by atoms with Gasteiger partial charge in [-0.05, 0) is 41.6 Å². The Morgan fingerprint density at radius 3 is 2.79 bits per heavy atom. The third-order valence-electron chi connectivity index (χ3n) is 3.78. The minimum absolute atomic E-state index is 0.0875. The van der Waals surface area contributed by atoms with Crippen LogP contribution in [0, 0.1) is 0 Å². The molecule has 1 aromatic heterocycles. The van der Waals surface area contributed by atoms with Crippen molar-refractivity contribution in [1.29, 1.82) is 0 Å². The summed E-state index contributed by atoms with van der Waals surface area (Å²) in [5, 5.41) is 20.8. The van der Waals surface area contributed by atoms with Crippen LogP contribution >= 0.6 is 0 Å². The molecule has 1 aliphatic rings. The zero-order valence-electron chi connectivity index (χ0n) is 13.3. The zero-order chi connectivity index (χ0) is 16.9. The van der Waals surface area contributed by atoms with Gasteiger partial charge in [-0.3, -0.25) is 4.79 Å². The van der Waals surface area contributed by atoms with Crippen molar-refractivity contribution in [2.24, 2.45) is 0 Å². The largest absolute Gasteiger partial charge is 0.484 e. The summed E-state index contributed by atoms with van der Waals surface area (Å²) in [6.07, 6.45) is 0.520. The summed E-state index contributed by atoms with van der Waals surface area (Å²) in [7, 11) is 0. The molecule has 3 rings (SSSR count). The number of ether oxygens (including phenoxy) is 2. The Labute approximate surface area is 138 Å². The fourth-order valence-corrected chi connectivity index (χ4v) is 2.55. The lowest BCUT2D eigenvalue weighted by atomic mass is 10.3. The van der Waals surface area contributed by atoms with Crippen molar-refractivity contribution in [3.05, 3.63) is 30.6 Å². The van der Waals surface area contributed by atoms with Crippen LogP contribution in [0.2, 0.25) is 0 Å². The molecule has 24 heavy (non-hydrogen) atoms. The number of carbonyl (C=O) groups is 1. The summed E-state index contributed by atoms with van der Waals surface area (Å²) in [5.41, 5.74) is 0.792. The Balaban J connectivity index is 1.51. The second kappa shape index (κ2) is 7.37. The van der Waals surface area contributed by atoms with Crippen LogP contribution in [-0.4, -0.2) is 74.6 Å². The monoisotopic (exact) mass is 333 g/mol. The normalized spacial score (nSPS) is 20.3. The highest BCUT2D eigenvalue weighted by molar-refractivity contribution is 5.78. The van der Waals surface area contributed by atoms with Crippen molar-refractivity contribution >= 4 is 5.91 Å². The molecule has 1 saturated heterocycles. The number of aromatic nitrogens is 4. The fraction of sp³-hybridized carbons (Fsp3) is 0.467. The summed E-state index contributed by atoms with van der Waals surface area (Å²) in [5.74, 6) is 0.391. The van der Waals surface area contributed by atoms with Crippen LogP contribution in [0.25, 0.3) is 5.69 Å². The summed E-state index contributed by atoms with van der Waals surface area (Å²) in [6, 6.07) is 7.07. The fourth-order valence-electron chi connectivity index (χ4n) is 2.55. The number of hydrogen-bond donors (Lipinski definition) is 1. The predicted octanol–water partition coefficient (Wildman–Crippen LogP) is -0.351. The molecule has 9 nitrogen and oxygen atoms in total. The maximum atomic E-state index is 12.2. The molecule has 0 aliphatic carbocycles. The van der Waals surface area contributed by atoms with E-state index in [2.05, 4.69) is 15.5 Å². The van der Waals surface area contributed by atoms with Gasteiger partial charge in [0.1, 0.15) is 18.2 Å². The molecule has 2 aromatic rings. The number of carbonyl (C=O) groups excluding carboxylic acids is 1. The van der Waals surface area contributed by atoms with Gasteiger partial charge in [0.25, 0.3) is 5.91 Å². The van der Waals surface area contributed by atoms with Gasteiger partial charge in [-0.1, -0.05) is 0 Å². The third kappa shape index (κ3) is 3.69. The van der Waals surface area contributed by atoms with E-state index in [9.17, 15) is 9.90 Å². The van der Waals surface area contributed by atoms with Crippen LogP contribution in [0.3, 0.4) is 0 Å². The first-order valence-corrected chi connectivity index (χ1v) is 7.71. The third-order valence-corrected chi connectivity index (χ3v) is 3.78. The molecule has 1 N–H and O–H groups in total. The first-order valence-electron chi connectivity index (χ1n) is 7.71. The van der Waals surface area contributed by atoms with Gasteiger partial charge in [0, 0.05) is 19.7 Å². The van der Waals surface area contributed by atoms with Gasteiger partial charge in [-0.25, -0.2) is 4.68 Å². The minimum atomic E-state index is -0.649. The number of nitrogens with zero attached hydrogens (tertiary/aromatic N) is 5. The van der Waals surface area contributed by atoms with Gasteiger partial charge < -0.3 is 19.5 Å². The summed E-state index contributed by atoms with van der Waals surface area (Å²) < 4.78 is 12.4. The SMILES string of the molecule is CCO[C@H]1CN(C(=O)COc2ccc(-n3cnnn3)cc2)C[C@@H]1O. The number of hydrogen-bond acceptors (Lipinski definition) is 7. The van der Waals surface area contributed by atoms with Crippen LogP contribution in [0.15, 0.2) is 30.6 Å². The summed E-state index contributed by atoms with van der Waals surface area (Å²) in [4.78, 5) is 13.7. The number of benzene rings is 1. The molecule has 0 radical (unpaired) electrons. The van der Waals surface area contributed by atoms with E-state index in [1.807, 2.05) is 6.92 Å². The molecule has 128 valence electrons. The molecular weight excluding hydrogens is 314 g/mol. The molecular formula is C15H19N5O4. The van der Waals surface area contributed by atoms with Gasteiger partial charge >= 0.3 is 0 Å². The minimum Gasteiger partial charge on any atom is -0.484 e. The van der Waals surface area contributed by atoms with Crippen molar-refractivity contribution < 1.29 is 19.4 Å². The van der Waals surface area contributed by atoms with Crippen molar-refractivity contribution in [2.75, 3.05) is 26.3 Å². The van der Waals surface area contributed by atoms with Gasteiger partial charge in [-0.2, -0.15) is 0 Å². The maximum Gasteiger partial charge on any atom is 0.260 e. The standard InChI is InChI=1S/C15H19N5O4/c1-2-23-14-8-19(7-13(14)21)15(22)9-24-12-5-3-11(4-6-12)20-10-16-17-18-20/h3-6,10,13-14,21H,2,7-9H2,1H3/t13-,14-/m0/s1. The Morgan fingerprint density at radius 1 is 1.33 bits per heavy atom. The average Bonchev–Trinajstić information content (AvgIpc) is 3.24. The van der Waals surface area contributed by atoms with Gasteiger partial charge in [-0.15, -0.1) is 5.10 Å². The zero-order valence-corrected chi connectivity index (χ0v) is 13.3. The number of likely N-dealkylation sites (tertiary alicyclic amines) is 1. The van der Waals surface area contributed by atoms with Crippen LogP contribution in [0.4, 0.5) is 0 Å². The maximum absolute atomic E-state index is 12.2.